The number of ketones is 1. The van der Waals surface area contributed by atoms with Crippen LogP contribution in [0.15, 0.2) is 30.3 Å². The smallest absolute Gasteiger partial charge is 0.229 e. The highest BCUT2D eigenvalue weighted by Gasteiger charge is 2.51. The number of aliphatic hydroxyl groups is 6. The first kappa shape index (κ1) is 31.2. The lowest BCUT2D eigenvalue weighted by Crippen LogP contribution is -2.64. The van der Waals surface area contributed by atoms with E-state index in [1.165, 1.54) is 32.2 Å². The molecule has 0 aromatic heterocycles. The van der Waals surface area contributed by atoms with Crippen molar-refractivity contribution < 1.29 is 74.1 Å². The first-order valence-corrected chi connectivity index (χ1v) is 13.5. The molecule has 15 nitrogen and oxygen atoms in total. The van der Waals surface area contributed by atoms with E-state index in [9.17, 15) is 45.6 Å². The number of hydrogen-bond donors (Lipinski definition) is 8. The number of aliphatic hydroxyl groups excluding tert-OH is 6. The van der Waals surface area contributed by atoms with Crippen LogP contribution in [-0.2, 0) is 14.2 Å². The Morgan fingerprint density at radius 2 is 1.60 bits per heavy atom. The van der Waals surface area contributed by atoms with E-state index in [0.29, 0.717) is 11.3 Å². The van der Waals surface area contributed by atoms with Crippen molar-refractivity contribution in [2.75, 3.05) is 13.7 Å². The number of fused-ring (bicyclic) bond motifs is 1. The molecule has 0 amide bonds. The Labute approximate surface area is 245 Å². The van der Waals surface area contributed by atoms with E-state index in [0.717, 1.165) is 6.07 Å². The van der Waals surface area contributed by atoms with Gasteiger partial charge in [-0.2, -0.15) is 0 Å². The lowest BCUT2D eigenvalue weighted by molar-refractivity contribution is -0.354. The summed E-state index contributed by atoms with van der Waals surface area (Å²) in [5.74, 6) is -0.924. The Kier molecular flexibility index (Phi) is 8.99. The quantitative estimate of drug-likeness (QED) is 0.185. The van der Waals surface area contributed by atoms with E-state index in [2.05, 4.69) is 0 Å². The first-order chi connectivity index (χ1) is 20.4. The predicted molar refractivity (Wildman–Crippen MR) is 141 cm³/mol. The molecule has 0 bridgehead atoms. The number of Topliss-reactive ketones (excluding diaryl/α,β-unsaturated/α-hetero) is 1. The minimum atomic E-state index is -1.76. The van der Waals surface area contributed by atoms with Crippen molar-refractivity contribution in [3.63, 3.8) is 0 Å². The highest BCUT2D eigenvalue weighted by Crippen LogP contribution is 2.43. The summed E-state index contributed by atoms with van der Waals surface area (Å²) in [6.07, 6.45) is -16.4. The molecule has 5 rings (SSSR count). The molecule has 11 atom stereocenters. The summed E-state index contributed by atoms with van der Waals surface area (Å²) in [5.41, 5.74) is 0.318. The van der Waals surface area contributed by atoms with Gasteiger partial charge in [-0.3, -0.25) is 4.79 Å². The van der Waals surface area contributed by atoms with Gasteiger partial charge >= 0.3 is 0 Å². The fourth-order valence-electron chi connectivity index (χ4n) is 5.29. The fourth-order valence-corrected chi connectivity index (χ4v) is 5.29. The molecule has 0 radical (unpaired) electrons. The number of methoxy groups -OCH3 is 1. The third-order valence-corrected chi connectivity index (χ3v) is 7.67. The Morgan fingerprint density at radius 3 is 2.30 bits per heavy atom. The zero-order valence-electron chi connectivity index (χ0n) is 23.1. The largest absolute Gasteiger partial charge is 0.508 e. The number of carbonyl (C=O) groups excluding carboxylic acids is 1. The first-order valence-electron chi connectivity index (χ1n) is 13.5. The van der Waals surface area contributed by atoms with Crippen molar-refractivity contribution in [3.05, 3.63) is 41.5 Å². The van der Waals surface area contributed by atoms with Gasteiger partial charge in [0.25, 0.3) is 0 Å². The van der Waals surface area contributed by atoms with E-state index in [4.69, 9.17) is 28.4 Å². The molecule has 3 aliphatic rings. The molecule has 0 aliphatic carbocycles. The molecule has 11 unspecified atom stereocenters. The second-order valence-corrected chi connectivity index (χ2v) is 10.6. The Balaban J connectivity index is 1.42. The highest BCUT2D eigenvalue weighted by molar-refractivity contribution is 6.02. The van der Waals surface area contributed by atoms with Gasteiger partial charge in [-0.05, 0) is 19.1 Å². The van der Waals surface area contributed by atoms with Crippen LogP contribution in [0, 0.1) is 0 Å². The average molecular weight is 611 g/mol. The summed E-state index contributed by atoms with van der Waals surface area (Å²) in [4.78, 5) is 13.0. The normalized spacial score (nSPS) is 36.0. The average Bonchev–Trinajstić information content (AvgIpc) is 2.97. The van der Waals surface area contributed by atoms with E-state index >= 15 is 0 Å². The molecule has 2 saturated heterocycles. The van der Waals surface area contributed by atoms with Crippen molar-refractivity contribution in [3.8, 4) is 28.7 Å². The van der Waals surface area contributed by atoms with Crippen LogP contribution < -0.4 is 14.2 Å². The molecule has 3 heterocycles. The van der Waals surface area contributed by atoms with Crippen molar-refractivity contribution in [2.45, 2.75) is 80.9 Å². The second kappa shape index (κ2) is 12.4. The number of carbonyl (C=O) groups is 1. The standard InChI is InChI=1S/C28H34O15/c1-10-21(33)23(35)25(37)27(39-10)43-26-24(36)22(34)19(9-29)42-28(26)40-14-6-15(31)20-16(32)8-17(41-18(20)7-14)11-3-12(30)5-13(4-11)38-2/h3-7,10,17,19,21-31,33-37H,8-9H2,1-2H3. The highest BCUT2D eigenvalue weighted by atomic mass is 16.8. The SMILES string of the molecule is COc1cc(O)cc(C2CC(=O)c3c(O)cc(OC4OC(CO)C(O)C(O)C4OC4OC(C)C(O)C(O)C4O)cc3O2)c1. The summed E-state index contributed by atoms with van der Waals surface area (Å²) in [7, 11) is 1.41. The van der Waals surface area contributed by atoms with Crippen LogP contribution in [0.3, 0.4) is 0 Å². The van der Waals surface area contributed by atoms with Crippen molar-refractivity contribution in [2.24, 2.45) is 0 Å². The van der Waals surface area contributed by atoms with Crippen LogP contribution in [0.1, 0.15) is 35.4 Å². The zero-order chi connectivity index (χ0) is 31.2. The molecule has 43 heavy (non-hydrogen) atoms. The van der Waals surface area contributed by atoms with Crippen LogP contribution in [-0.4, -0.2) is 122 Å². The number of phenolic OH excluding ortho intramolecular Hbond substituents is 2. The molecule has 15 heteroatoms. The maximum atomic E-state index is 13.0. The fraction of sp³-hybridized carbons (Fsp3) is 0.536. The molecular formula is C28H34O15. The van der Waals surface area contributed by atoms with Gasteiger partial charge in [-0.15, -0.1) is 0 Å². The Hall–Kier alpha value is -3.25. The van der Waals surface area contributed by atoms with E-state index < -0.39 is 85.7 Å². The van der Waals surface area contributed by atoms with Crippen molar-refractivity contribution >= 4 is 5.78 Å². The van der Waals surface area contributed by atoms with Gasteiger partial charge in [0.1, 0.15) is 77.0 Å². The van der Waals surface area contributed by atoms with Gasteiger partial charge in [0.05, 0.1) is 26.2 Å². The molecule has 3 aliphatic heterocycles. The Morgan fingerprint density at radius 1 is 0.860 bits per heavy atom. The van der Waals surface area contributed by atoms with Crippen LogP contribution >= 0.6 is 0 Å². The molecular weight excluding hydrogens is 576 g/mol. The van der Waals surface area contributed by atoms with E-state index in [1.54, 1.807) is 6.07 Å². The Bertz CT molecular complexity index is 1320. The van der Waals surface area contributed by atoms with Gasteiger partial charge in [0.15, 0.2) is 18.2 Å². The molecule has 2 aromatic carbocycles. The van der Waals surface area contributed by atoms with Crippen LogP contribution in [0.25, 0.3) is 0 Å². The molecule has 2 aromatic rings. The number of benzene rings is 2. The zero-order valence-corrected chi connectivity index (χ0v) is 23.1. The molecule has 2 fully saturated rings. The minimum absolute atomic E-state index is 0.0666. The van der Waals surface area contributed by atoms with Gasteiger partial charge < -0.3 is 69.3 Å². The summed E-state index contributed by atoms with van der Waals surface area (Å²) in [6, 6.07) is 6.75. The third kappa shape index (κ3) is 6.08. The van der Waals surface area contributed by atoms with Crippen molar-refractivity contribution in [1.82, 2.24) is 0 Å². The van der Waals surface area contributed by atoms with Crippen LogP contribution in [0.2, 0.25) is 0 Å². The van der Waals surface area contributed by atoms with Gasteiger partial charge in [0.2, 0.25) is 6.29 Å². The van der Waals surface area contributed by atoms with Crippen LogP contribution in [0.4, 0.5) is 0 Å². The summed E-state index contributed by atoms with van der Waals surface area (Å²) < 4.78 is 33.8. The van der Waals surface area contributed by atoms with Gasteiger partial charge in [-0.1, -0.05) is 0 Å². The predicted octanol–water partition coefficient (Wildman–Crippen LogP) is -1.16. The molecule has 0 spiro atoms. The monoisotopic (exact) mass is 610 g/mol. The summed E-state index contributed by atoms with van der Waals surface area (Å²) in [5, 5.41) is 82.4. The molecule has 236 valence electrons. The summed E-state index contributed by atoms with van der Waals surface area (Å²) >= 11 is 0. The lowest BCUT2D eigenvalue weighted by Gasteiger charge is -2.45. The maximum Gasteiger partial charge on any atom is 0.229 e. The molecule has 8 N–H and O–H groups in total. The number of hydrogen-bond acceptors (Lipinski definition) is 15. The van der Waals surface area contributed by atoms with E-state index in [1.807, 2.05) is 0 Å². The molecule has 0 saturated carbocycles. The van der Waals surface area contributed by atoms with Crippen LogP contribution in [0.5, 0.6) is 28.7 Å². The van der Waals surface area contributed by atoms with Gasteiger partial charge in [0, 0.05) is 23.8 Å². The second-order valence-electron chi connectivity index (χ2n) is 10.6. The summed E-state index contributed by atoms with van der Waals surface area (Å²) in [6.45, 7) is 0.698. The topological polar surface area (TPSA) is 234 Å². The number of aromatic hydroxyl groups is 2. The number of ether oxygens (including phenoxy) is 6. The number of rotatable bonds is 7. The van der Waals surface area contributed by atoms with E-state index in [-0.39, 0.29) is 29.2 Å². The minimum Gasteiger partial charge on any atom is -0.508 e. The maximum absolute atomic E-state index is 13.0. The van der Waals surface area contributed by atoms with Gasteiger partial charge in [-0.25, -0.2) is 0 Å². The third-order valence-electron chi connectivity index (χ3n) is 7.67. The lowest BCUT2D eigenvalue weighted by atomic mass is 9.95. The van der Waals surface area contributed by atoms with Crippen molar-refractivity contribution in [1.29, 1.82) is 0 Å². The number of phenols is 2.